The summed E-state index contributed by atoms with van der Waals surface area (Å²) < 4.78 is 0. The van der Waals surface area contributed by atoms with Crippen molar-refractivity contribution < 1.29 is 14.4 Å². The number of carbonyl (C=O) groups excluding carboxylic acids is 3. The van der Waals surface area contributed by atoms with Crippen LogP contribution < -0.4 is 0 Å². The van der Waals surface area contributed by atoms with Gasteiger partial charge >= 0.3 is 0 Å². The Labute approximate surface area is 131 Å². The summed E-state index contributed by atoms with van der Waals surface area (Å²) in [5, 5.41) is 0. The van der Waals surface area contributed by atoms with E-state index in [2.05, 4.69) is 4.90 Å². The van der Waals surface area contributed by atoms with Crippen molar-refractivity contribution in [2.45, 2.75) is 38.5 Å². The molecule has 2 atom stereocenters. The number of imide groups is 1. The summed E-state index contributed by atoms with van der Waals surface area (Å²) >= 11 is 0. The largest absolute Gasteiger partial charge is 0.303 e. The number of amides is 2. The van der Waals surface area contributed by atoms with Crippen LogP contribution in [0.15, 0.2) is 12.2 Å². The van der Waals surface area contributed by atoms with E-state index < -0.39 is 0 Å². The van der Waals surface area contributed by atoms with Crippen molar-refractivity contribution in [3.8, 4) is 0 Å². The molecule has 0 bridgehead atoms. The predicted octanol–water partition coefficient (Wildman–Crippen LogP) is 1.38. The van der Waals surface area contributed by atoms with Gasteiger partial charge in [0, 0.05) is 13.0 Å². The SMILES string of the molecule is O=C(CCN1CCCCC1)CN1C(=O)C2CC=CCC2C1=O. The van der Waals surface area contributed by atoms with E-state index in [4.69, 9.17) is 0 Å². The number of carbonyl (C=O) groups is 3. The number of ketones is 1. The summed E-state index contributed by atoms with van der Waals surface area (Å²) in [6.07, 6.45) is 9.31. The monoisotopic (exact) mass is 304 g/mol. The number of Topliss-reactive ketones (excluding diaryl/α,β-unsaturated/α-hetero) is 1. The van der Waals surface area contributed by atoms with Gasteiger partial charge in [-0.15, -0.1) is 0 Å². The van der Waals surface area contributed by atoms with Crippen molar-refractivity contribution >= 4 is 17.6 Å². The number of piperidine rings is 1. The van der Waals surface area contributed by atoms with Crippen molar-refractivity contribution in [1.82, 2.24) is 9.80 Å². The van der Waals surface area contributed by atoms with Crippen LogP contribution in [-0.2, 0) is 14.4 Å². The van der Waals surface area contributed by atoms with Gasteiger partial charge in [-0.1, -0.05) is 18.6 Å². The first-order valence-corrected chi connectivity index (χ1v) is 8.41. The van der Waals surface area contributed by atoms with Crippen LogP contribution in [0, 0.1) is 11.8 Å². The van der Waals surface area contributed by atoms with Gasteiger partial charge < -0.3 is 4.90 Å². The molecule has 0 aromatic carbocycles. The highest BCUT2D eigenvalue weighted by Gasteiger charge is 2.47. The first-order chi connectivity index (χ1) is 10.7. The molecular formula is C17H24N2O3. The van der Waals surface area contributed by atoms with Crippen LogP contribution in [0.2, 0.25) is 0 Å². The minimum atomic E-state index is -0.229. The molecule has 0 N–H and O–H groups in total. The minimum absolute atomic E-state index is 0.00104. The second kappa shape index (κ2) is 6.73. The molecule has 22 heavy (non-hydrogen) atoms. The lowest BCUT2D eigenvalue weighted by atomic mass is 9.85. The quantitative estimate of drug-likeness (QED) is 0.569. The normalized spacial score (nSPS) is 29.0. The molecule has 0 radical (unpaired) electrons. The molecule has 0 spiro atoms. The molecule has 3 aliphatic rings. The number of rotatable bonds is 5. The fraction of sp³-hybridized carbons (Fsp3) is 0.706. The fourth-order valence-electron chi connectivity index (χ4n) is 3.75. The summed E-state index contributed by atoms with van der Waals surface area (Å²) in [6, 6.07) is 0. The zero-order valence-corrected chi connectivity index (χ0v) is 13.0. The van der Waals surface area contributed by atoms with Crippen molar-refractivity contribution in [3.63, 3.8) is 0 Å². The lowest BCUT2D eigenvalue weighted by Crippen LogP contribution is -2.38. The van der Waals surface area contributed by atoms with E-state index in [0.717, 1.165) is 19.6 Å². The molecule has 120 valence electrons. The number of hydrogen-bond donors (Lipinski definition) is 0. The standard InChI is InChI=1S/C17H24N2O3/c20-13(8-11-18-9-4-1-5-10-18)12-19-16(21)14-6-2-3-7-15(14)17(19)22/h2-3,14-15H,1,4-12H2. The first-order valence-electron chi connectivity index (χ1n) is 8.41. The zero-order chi connectivity index (χ0) is 15.5. The minimum Gasteiger partial charge on any atom is -0.303 e. The Morgan fingerprint density at radius 1 is 1.00 bits per heavy atom. The molecule has 2 fully saturated rings. The second-order valence-corrected chi connectivity index (χ2v) is 6.61. The fourth-order valence-corrected chi connectivity index (χ4v) is 3.75. The lowest BCUT2D eigenvalue weighted by Gasteiger charge is -2.26. The Morgan fingerprint density at radius 3 is 2.18 bits per heavy atom. The topological polar surface area (TPSA) is 57.7 Å². The molecule has 5 heteroatoms. The molecule has 0 aromatic rings. The van der Waals surface area contributed by atoms with Gasteiger partial charge in [0.05, 0.1) is 18.4 Å². The molecule has 2 saturated heterocycles. The van der Waals surface area contributed by atoms with Gasteiger partial charge in [0.1, 0.15) is 0 Å². The van der Waals surface area contributed by atoms with E-state index >= 15 is 0 Å². The number of allylic oxidation sites excluding steroid dienone is 2. The third-order valence-electron chi connectivity index (χ3n) is 5.09. The third-order valence-corrected chi connectivity index (χ3v) is 5.09. The highest BCUT2D eigenvalue weighted by Crippen LogP contribution is 2.34. The molecule has 0 aromatic heterocycles. The van der Waals surface area contributed by atoms with Crippen LogP contribution in [0.5, 0.6) is 0 Å². The summed E-state index contributed by atoms with van der Waals surface area (Å²) in [4.78, 5) is 40.3. The van der Waals surface area contributed by atoms with Gasteiger partial charge in [-0.05, 0) is 38.8 Å². The number of fused-ring (bicyclic) bond motifs is 1. The number of nitrogens with zero attached hydrogens (tertiary/aromatic N) is 2. The van der Waals surface area contributed by atoms with E-state index in [1.165, 1.54) is 24.2 Å². The molecule has 2 unspecified atom stereocenters. The molecule has 2 amide bonds. The smallest absolute Gasteiger partial charge is 0.233 e. The van der Waals surface area contributed by atoms with Gasteiger partial charge in [0.2, 0.25) is 11.8 Å². The highest BCUT2D eigenvalue weighted by atomic mass is 16.2. The maximum Gasteiger partial charge on any atom is 0.233 e. The van der Waals surface area contributed by atoms with E-state index in [1.54, 1.807) is 0 Å². The van der Waals surface area contributed by atoms with E-state index in [1.807, 2.05) is 12.2 Å². The van der Waals surface area contributed by atoms with Gasteiger partial charge in [-0.3, -0.25) is 19.3 Å². The predicted molar refractivity (Wildman–Crippen MR) is 82.0 cm³/mol. The van der Waals surface area contributed by atoms with E-state index in [0.29, 0.717) is 19.3 Å². The average Bonchev–Trinajstić information content (AvgIpc) is 2.79. The number of hydrogen-bond acceptors (Lipinski definition) is 4. The van der Waals surface area contributed by atoms with Crippen molar-refractivity contribution in [3.05, 3.63) is 12.2 Å². The Hall–Kier alpha value is -1.49. The van der Waals surface area contributed by atoms with Crippen LogP contribution in [0.3, 0.4) is 0 Å². The molecule has 2 heterocycles. The second-order valence-electron chi connectivity index (χ2n) is 6.61. The molecule has 2 aliphatic heterocycles. The molecule has 3 rings (SSSR count). The van der Waals surface area contributed by atoms with Crippen molar-refractivity contribution in [2.75, 3.05) is 26.2 Å². The van der Waals surface area contributed by atoms with E-state index in [-0.39, 0.29) is 36.0 Å². The first kappa shape index (κ1) is 15.4. The third kappa shape index (κ3) is 3.14. The molecule has 1 aliphatic carbocycles. The molecular weight excluding hydrogens is 280 g/mol. The van der Waals surface area contributed by atoms with Crippen LogP contribution in [0.1, 0.15) is 38.5 Å². The maximum atomic E-state index is 12.3. The maximum absolute atomic E-state index is 12.3. The lowest BCUT2D eigenvalue weighted by molar-refractivity contribution is -0.143. The Kier molecular flexibility index (Phi) is 4.71. The van der Waals surface area contributed by atoms with Gasteiger partial charge in [-0.2, -0.15) is 0 Å². The van der Waals surface area contributed by atoms with Crippen molar-refractivity contribution in [2.24, 2.45) is 11.8 Å². The highest BCUT2D eigenvalue weighted by molar-refractivity contribution is 6.07. The molecule has 5 nitrogen and oxygen atoms in total. The number of likely N-dealkylation sites (tertiary alicyclic amines) is 2. The summed E-state index contributed by atoms with van der Waals surface area (Å²) in [6.45, 7) is 2.84. The Balaban J connectivity index is 1.51. The average molecular weight is 304 g/mol. The summed E-state index contributed by atoms with van der Waals surface area (Å²) in [5.74, 6) is -0.755. The summed E-state index contributed by atoms with van der Waals surface area (Å²) in [7, 11) is 0. The van der Waals surface area contributed by atoms with E-state index in [9.17, 15) is 14.4 Å². The van der Waals surface area contributed by atoms with Crippen LogP contribution in [0.4, 0.5) is 0 Å². The zero-order valence-electron chi connectivity index (χ0n) is 13.0. The Bertz CT molecular complexity index is 468. The van der Waals surface area contributed by atoms with Crippen LogP contribution in [-0.4, -0.2) is 53.6 Å². The van der Waals surface area contributed by atoms with Crippen molar-refractivity contribution in [1.29, 1.82) is 0 Å². The van der Waals surface area contributed by atoms with Gasteiger partial charge in [-0.25, -0.2) is 0 Å². The molecule has 0 saturated carbocycles. The van der Waals surface area contributed by atoms with Crippen LogP contribution >= 0.6 is 0 Å². The Morgan fingerprint density at radius 2 is 1.59 bits per heavy atom. The van der Waals surface area contributed by atoms with Crippen LogP contribution in [0.25, 0.3) is 0 Å². The van der Waals surface area contributed by atoms with Gasteiger partial charge in [0.25, 0.3) is 0 Å². The van der Waals surface area contributed by atoms with Gasteiger partial charge in [0.15, 0.2) is 5.78 Å². The summed E-state index contributed by atoms with van der Waals surface area (Å²) in [5.41, 5.74) is 0.